The molecular weight excluding hydrogens is 467 g/mol. The number of carbonyl (C=O) groups excluding carboxylic acids is 1. The zero-order valence-corrected chi connectivity index (χ0v) is 22.0. The smallest absolute Gasteiger partial charge is 0.321 e. The average Bonchev–Trinajstić information content (AvgIpc) is 3.35. The molecule has 198 valence electrons. The first-order valence-corrected chi connectivity index (χ1v) is 12.5. The van der Waals surface area contributed by atoms with Crippen molar-refractivity contribution in [2.24, 2.45) is 0 Å². The Hall–Kier alpha value is -2.99. The second-order valence-corrected chi connectivity index (χ2v) is 9.95. The lowest BCUT2D eigenvalue weighted by atomic mass is 10.0. The molecule has 0 aliphatic carbocycles. The molecular formula is C24H37FN8O3. The van der Waals surface area contributed by atoms with Gasteiger partial charge in [-0.15, -0.1) is 0 Å². The first-order valence-electron chi connectivity index (χ1n) is 12.5. The van der Waals surface area contributed by atoms with Crippen LogP contribution in [0.15, 0.2) is 6.20 Å². The molecule has 0 bridgehead atoms. The van der Waals surface area contributed by atoms with E-state index in [-0.39, 0.29) is 29.9 Å². The van der Waals surface area contributed by atoms with E-state index in [1.165, 1.54) is 0 Å². The second-order valence-electron chi connectivity index (χ2n) is 9.95. The van der Waals surface area contributed by atoms with Crippen LogP contribution in [0, 0.1) is 5.82 Å². The van der Waals surface area contributed by atoms with Crippen molar-refractivity contribution >= 4 is 17.7 Å². The van der Waals surface area contributed by atoms with Gasteiger partial charge in [-0.05, 0) is 41.0 Å². The van der Waals surface area contributed by atoms with Gasteiger partial charge in [0.05, 0.1) is 30.6 Å². The average molecular weight is 505 g/mol. The highest BCUT2D eigenvalue weighted by Crippen LogP contribution is 2.42. The van der Waals surface area contributed by atoms with Crippen molar-refractivity contribution in [3.8, 4) is 6.01 Å². The summed E-state index contributed by atoms with van der Waals surface area (Å²) < 4.78 is 24.9. The highest BCUT2D eigenvalue weighted by Gasteiger charge is 2.46. The third-order valence-electron chi connectivity index (χ3n) is 7.09. The van der Waals surface area contributed by atoms with Gasteiger partial charge in [0, 0.05) is 51.0 Å². The van der Waals surface area contributed by atoms with E-state index in [0.29, 0.717) is 25.5 Å². The molecule has 4 rings (SSSR count). The van der Waals surface area contributed by atoms with Crippen molar-refractivity contribution in [1.82, 2.24) is 34.9 Å². The number of carbonyl (C=O) groups is 1. The summed E-state index contributed by atoms with van der Waals surface area (Å²) in [6.45, 7) is 13.9. The Morgan fingerprint density at radius 2 is 2.06 bits per heavy atom. The first kappa shape index (κ1) is 26.1. The Morgan fingerprint density at radius 3 is 2.78 bits per heavy atom. The van der Waals surface area contributed by atoms with Crippen molar-refractivity contribution in [2.45, 2.75) is 65.2 Å². The standard InChI is InChI=1S/C24H37FN8O3/c1-7-36-22-26-11-18(25)21(28-22)27-20-17-14-33(24(4,5)19(17)29-30-20)23(34)32-13-15(2)31(12-16(32)3)9-8-10-35-6/h11,15-16H,7-10,12-14H2,1-6H3,(H2,26,27,28,29,30)/t15-,16+/m1/s1. The molecule has 0 unspecified atom stereocenters. The summed E-state index contributed by atoms with van der Waals surface area (Å²) in [6, 6.07) is 0.395. The van der Waals surface area contributed by atoms with Crippen LogP contribution in [0.3, 0.4) is 0 Å². The van der Waals surface area contributed by atoms with Gasteiger partial charge in [0.2, 0.25) is 0 Å². The fraction of sp³-hybridized carbons (Fsp3) is 0.667. The second kappa shape index (κ2) is 10.6. The Kier molecular flexibility index (Phi) is 7.65. The van der Waals surface area contributed by atoms with Crippen LogP contribution >= 0.6 is 0 Å². The number of methoxy groups -OCH3 is 1. The summed E-state index contributed by atoms with van der Waals surface area (Å²) in [5.74, 6) is -0.221. The molecule has 11 nitrogen and oxygen atoms in total. The summed E-state index contributed by atoms with van der Waals surface area (Å²) in [5, 5.41) is 10.4. The third-order valence-corrected chi connectivity index (χ3v) is 7.09. The monoisotopic (exact) mass is 504 g/mol. The van der Waals surface area contributed by atoms with Gasteiger partial charge in [-0.2, -0.15) is 10.1 Å². The Balaban J connectivity index is 1.49. The van der Waals surface area contributed by atoms with Crippen molar-refractivity contribution in [2.75, 3.05) is 45.3 Å². The highest BCUT2D eigenvalue weighted by atomic mass is 19.1. The molecule has 36 heavy (non-hydrogen) atoms. The number of nitrogens with one attached hydrogen (secondary N) is 2. The summed E-state index contributed by atoms with van der Waals surface area (Å²) in [5.41, 5.74) is 1.01. The molecule has 2 aromatic heterocycles. The van der Waals surface area contributed by atoms with E-state index in [1.807, 2.05) is 23.6 Å². The number of hydrogen-bond donors (Lipinski definition) is 2. The number of aromatic nitrogens is 4. The van der Waals surface area contributed by atoms with Crippen LogP contribution in [0.25, 0.3) is 0 Å². The SMILES string of the molecule is CCOc1ncc(F)c(Nc2n[nH]c3c2CN(C(=O)N2C[C@@H](C)N(CCCOC)C[C@@H]2C)C3(C)C)n1. The number of H-pyrrole nitrogens is 1. The predicted molar refractivity (Wildman–Crippen MR) is 133 cm³/mol. The van der Waals surface area contributed by atoms with Crippen molar-refractivity contribution in [1.29, 1.82) is 0 Å². The lowest BCUT2D eigenvalue weighted by Crippen LogP contribution is -2.61. The third kappa shape index (κ3) is 4.96. The molecule has 2 N–H and O–H groups in total. The van der Waals surface area contributed by atoms with Gasteiger partial charge in [0.25, 0.3) is 0 Å². The number of ether oxygens (including phenoxy) is 2. The van der Waals surface area contributed by atoms with Gasteiger partial charge in [-0.1, -0.05) is 0 Å². The molecule has 12 heteroatoms. The maximum absolute atomic E-state index is 14.4. The number of amides is 2. The summed E-state index contributed by atoms with van der Waals surface area (Å²) in [4.78, 5) is 28.0. The number of piperazine rings is 1. The molecule has 0 aromatic carbocycles. The van der Waals surface area contributed by atoms with Gasteiger partial charge in [0.15, 0.2) is 17.5 Å². The Labute approximate surface area is 211 Å². The number of aromatic amines is 1. The predicted octanol–water partition coefficient (Wildman–Crippen LogP) is 3.08. The molecule has 0 radical (unpaired) electrons. The van der Waals surface area contributed by atoms with Crippen LogP contribution in [-0.4, -0.2) is 92.9 Å². The lowest BCUT2D eigenvalue weighted by Gasteiger charge is -2.46. The van der Waals surface area contributed by atoms with Gasteiger partial charge in [0.1, 0.15) is 0 Å². The van der Waals surface area contributed by atoms with Crippen molar-refractivity contribution in [3.63, 3.8) is 0 Å². The summed E-state index contributed by atoms with van der Waals surface area (Å²) in [7, 11) is 1.72. The molecule has 1 saturated heterocycles. The lowest BCUT2D eigenvalue weighted by molar-refractivity contribution is 0.0315. The molecule has 0 spiro atoms. The topological polar surface area (TPSA) is 112 Å². The Bertz CT molecular complexity index is 1080. The van der Waals surface area contributed by atoms with Crippen LogP contribution in [0.5, 0.6) is 6.01 Å². The quantitative estimate of drug-likeness (QED) is 0.528. The summed E-state index contributed by atoms with van der Waals surface area (Å²) >= 11 is 0. The minimum absolute atomic E-state index is 0.0155. The minimum Gasteiger partial charge on any atom is -0.464 e. The number of urea groups is 1. The molecule has 2 aromatic rings. The molecule has 4 heterocycles. The van der Waals surface area contributed by atoms with Gasteiger partial charge in [-0.3, -0.25) is 10.00 Å². The zero-order chi connectivity index (χ0) is 26.0. The molecule has 2 atom stereocenters. The van der Waals surface area contributed by atoms with E-state index in [1.54, 1.807) is 14.0 Å². The van der Waals surface area contributed by atoms with E-state index in [0.717, 1.165) is 43.6 Å². The van der Waals surface area contributed by atoms with Crippen LogP contribution in [0.1, 0.15) is 52.3 Å². The summed E-state index contributed by atoms with van der Waals surface area (Å²) in [6.07, 6.45) is 2.03. The normalized spacial score (nSPS) is 21.5. The van der Waals surface area contributed by atoms with Crippen LogP contribution in [0.2, 0.25) is 0 Å². The fourth-order valence-corrected chi connectivity index (χ4v) is 5.02. The molecule has 2 aliphatic heterocycles. The maximum atomic E-state index is 14.4. The van der Waals surface area contributed by atoms with E-state index in [4.69, 9.17) is 9.47 Å². The van der Waals surface area contributed by atoms with Crippen molar-refractivity contribution < 1.29 is 18.7 Å². The number of rotatable bonds is 8. The molecule has 1 fully saturated rings. The van der Waals surface area contributed by atoms with Gasteiger partial charge in [-0.25, -0.2) is 14.2 Å². The molecule has 2 amide bonds. The van der Waals surface area contributed by atoms with Crippen LogP contribution < -0.4 is 10.1 Å². The van der Waals surface area contributed by atoms with Gasteiger partial charge < -0.3 is 24.6 Å². The largest absolute Gasteiger partial charge is 0.464 e. The minimum atomic E-state index is -0.619. The fourth-order valence-electron chi connectivity index (χ4n) is 5.02. The zero-order valence-electron chi connectivity index (χ0n) is 22.0. The van der Waals surface area contributed by atoms with E-state index >= 15 is 0 Å². The van der Waals surface area contributed by atoms with Crippen LogP contribution in [0.4, 0.5) is 20.8 Å². The van der Waals surface area contributed by atoms with Crippen molar-refractivity contribution in [3.05, 3.63) is 23.3 Å². The van der Waals surface area contributed by atoms with E-state index < -0.39 is 11.4 Å². The number of halogens is 1. The number of hydrogen-bond acceptors (Lipinski definition) is 8. The first-order chi connectivity index (χ1) is 17.2. The van der Waals surface area contributed by atoms with Crippen LogP contribution in [-0.2, 0) is 16.8 Å². The number of fused-ring (bicyclic) bond motifs is 1. The maximum Gasteiger partial charge on any atom is 0.321 e. The number of nitrogens with zero attached hydrogens (tertiary/aromatic N) is 6. The van der Waals surface area contributed by atoms with Gasteiger partial charge >= 0.3 is 12.0 Å². The Morgan fingerprint density at radius 1 is 1.28 bits per heavy atom. The molecule has 0 saturated carbocycles. The highest BCUT2D eigenvalue weighted by molar-refractivity contribution is 5.78. The van der Waals surface area contributed by atoms with E-state index in [9.17, 15) is 9.18 Å². The van der Waals surface area contributed by atoms with E-state index in [2.05, 4.69) is 44.2 Å². The number of anilines is 2. The molecule has 2 aliphatic rings.